The molecule has 0 amide bonds. The number of aliphatic hydroxyl groups is 1. The number of benzene rings is 1. The molecule has 1 aliphatic heterocycles. The van der Waals surface area contributed by atoms with Gasteiger partial charge >= 0.3 is 0 Å². The Morgan fingerprint density at radius 1 is 1.44 bits per heavy atom. The molecular weight excluding hydrogens is 250 g/mol. The highest BCUT2D eigenvalue weighted by Crippen LogP contribution is 2.46. The fourth-order valence-electron chi connectivity index (χ4n) is 2.49. The summed E-state index contributed by atoms with van der Waals surface area (Å²) in [5.74, 6) is 0. The molecule has 2 rings (SSSR count). The number of halogens is 1. The molecule has 0 radical (unpaired) electrons. The highest BCUT2D eigenvalue weighted by Gasteiger charge is 2.49. The lowest BCUT2D eigenvalue weighted by molar-refractivity contribution is -0.0974. The van der Waals surface area contributed by atoms with E-state index < -0.39 is 11.0 Å². The Bertz CT molecular complexity index is 473. The third-order valence-corrected chi connectivity index (χ3v) is 4.11. The summed E-state index contributed by atoms with van der Waals surface area (Å²) in [7, 11) is 0. The van der Waals surface area contributed by atoms with E-state index in [9.17, 15) is 10.4 Å². The molecule has 1 fully saturated rings. The van der Waals surface area contributed by atoms with Crippen molar-refractivity contribution in [1.29, 1.82) is 5.26 Å². The smallest absolute Gasteiger partial charge is 0.106 e. The largest absolute Gasteiger partial charge is 0.384 e. The maximum absolute atomic E-state index is 10.8. The van der Waals surface area contributed by atoms with E-state index in [1.165, 1.54) is 0 Å². The fourth-order valence-corrected chi connectivity index (χ4v) is 2.69. The van der Waals surface area contributed by atoms with Crippen LogP contribution in [0.25, 0.3) is 0 Å². The van der Waals surface area contributed by atoms with Gasteiger partial charge in [-0.15, -0.1) is 0 Å². The minimum Gasteiger partial charge on any atom is -0.384 e. The van der Waals surface area contributed by atoms with Crippen molar-refractivity contribution in [3.05, 3.63) is 34.9 Å². The lowest BCUT2D eigenvalue weighted by Crippen LogP contribution is -2.46. The van der Waals surface area contributed by atoms with E-state index in [1.807, 2.05) is 0 Å². The van der Waals surface area contributed by atoms with Gasteiger partial charge in [0.15, 0.2) is 0 Å². The lowest BCUT2D eigenvalue weighted by atomic mass is 9.66. The molecule has 0 aromatic heterocycles. The van der Waals surface area contributed by atoms with Gasteiger partial charge in [0.25, 0.3) is 0 Å². The summed E-state index contributed by atoms with van der Waals surface area (Å²) in [6, 6.07) is 9.37. The number of nitrogens with zero attached hydrogens (tertiary/aromatic N) is 1. The molecule has 1 heterocycles. The number of ether oxygens (including phenoxy) is 1. The van der Waals surface area contributed by atoms with E-state index in [4.69, 9.17) is 16.3 Å². The predicted octanol–water partition coefficient (Wildman–Crippen LogP) is 2.87. The maximum atomic E-state index is 10.8. The van der Waals surface area contributed by atoms with Crippen LogP contribution in [0.1, 0.15) is 25.3 Å². The van der Waals surface area contributed by atoms with Crippen LogP contribution in [-0.4, -0.2) is 18.3 Å². The van der Waals surface area contributed by atoms with Gasteiger partial charge in [-0.25, -0.2) is 0 Å². The Morgan fingerprint density at radius 2 is 2.11 bits per heavy atom. The van der Waals surface area contributed by atoms with Crippen LogP contribution >= 0.6 is 11.6 Å². The van der Waals surface area contributed by atoms with Crippen molar-refractivity contribution >= 4 is 11.6 Å². The summed E-state index contributed by atoms with van der Waals surface area (Å²) >= 11 is 5.96. The number of hydrogen-bond acceptors (Lipinski definition) is 3. The van der Waals surface area contributed by atoms with Crippen molar-refractivity contribution in [2.45, 2.75) is 25.4 Å². The van der Waals surface area contributed by atoms with Crippen LogP contribution in [0, 0.1) is 16.7 Å². The Kier molecular flexibility index (Phi) is 3.63. The van der Waals surface area contributed by atoms with Crippen molar-refractivity contribution in [2.75, 3.05) is 13.2 Å². The molecule has 1 saturated heterocycles. The van der Waals surface area contributed by atoms with E-state index in [0.29, 0.717) is 36.6 Å². The Balaban J connectivity index is 2.43. The first-order chi connectivity index (χ1) is 8.52. The zero-order valence-corrected chi connectivity index (χ0v) is 11.1. The zero-order valence-electron chi connectivity index (χ0n) is 10.3. The molecule has 1 unspecified atom stereocenters. The molecule has 0 aliphatic carbocycles. The topological polar surface area (TPSA) is 53.2 Å². The van der Waals surface area contributed by atoms with Crippen molar-refractivity contribution in [3.63, 3.8) is 0 Å². The van der Waals surface area contributed by atoms with Crippen LogP contribution in [0.15, 0.2) is 24.3 Å². The third-order valence-electron chi connectivity index (χ3n) is 3.88. The summed E-state index contributed by atoms with van der Waals surface area (Å²) < 4.78 is 5.29. The minimum absolute atomic E-state index is 0.504. The normalized spacial score (nSPS) is 21.9. The summed E-state index contributed by atoms with van der Waals surface area (Å²) in [6.45, 7) is 2.70. The molecule has 0 saturated carbocycles. The second-order valence-corrected chi connectivity index (χ2v) is 5.33. The van der Waals surface area contributed by atoms with Gasteiger partial charge < -0.3 is 9.84 Å². The van der Waals surface area contributed by atoms with Crippen LogP contribution in [0.5, 0.6) is 0 Å². The maximum Gasteiger partial charge on any atom is 0.106 e. The van der Waals surface area contributed by atoms with Crippen LogP contribution < -0.4 is 0 Å². The van der Waals surface area contributed by atoms with E-state index in [2.05, 4.69) is 6.07 Å². The monoisotopic (exact) mass is 265 g/mol. The van der Waals surface area contributed by atoms with Gasteiger partial charge in [0.1, 0.15) is 5.60 Å². The Labute approximate surface area is 112 Å². The van der Waals surface area contributed by atoms with Crippen LogP contribution in [0.2, 0.25) is 5.02 Å². The molecule has 1 N–H and O–H groups in total. The molecule has 0 spiro atoms. The average Bonchev–Trinajstić information content (AvgIpc) is 2.39. The van der Waals surface area contributed by atoms with Crippen molar-refractivity contribution < 1.29 is 9.84 Å². The van der Waals surface area contributed by atoms with Crippen LogP contribution in [-0.2, 0) is 10.3 Å². The molecule has 18 heavy (non-hydrogen) atoms. The summed E-state index contributed by atoms with van der Waals surface area (Å²) in [4.78, 5) is 0. The van der Waals surface area contributed by atoms with Gasteiger partial charge in [0.05, 0.1) is 11.5 Å². The van der Waals surface area contributed by atoms with E-state index in [-0.39, 0.29) is 0 Å². The van der Waals surface area contributed by atoms with Crippen LogP contribution in [0.3, 0.4) is 0 Å². The summed E-state index contributed by atoms with van der Waals surface area (Å²) in [6.07, 6.45) is 1.06. The first kappa shape index (κ1) is 13.4. The summed E-state index contributed by atoms with van der Waals surface area (Å²) in [5.41, 5.74) is -1.36. The molecule has 4 heteroatoms. The molecule has 3 nitrogen and oxygen atoms in total. The van der Waals surface area contributed by atoms with Crippen molar-refractivity contribution in [1.82, 2.24) is 0 Å². The van der Waals surface area contributed by atoms with Crippen molar-refractivity contribution in [2.24, 2.45) is 5.41 Å². The Morgan fingerprint density at radius 3 is 2.67 bits per heavy atom. The first-order valence-corrected chi connectivity index (χ1v) is 6.37. The highest BCUT2D eigenvalue weighted by molar-refractivity contribution is 6.30. The highest BCUT2D eigenvalue weighted by atomic mass is 35.5. The number of rotatable bonds is 2. The minimum atomic E-state index is -1.23. The number of nitriles is 1. The van der Waals surface area contributed by atoms with Gasteiger partial charge in [-0.2, -0.15) is 5.26 Å². The Hall–Kier alpha value is -1.08. The lowest BCUT2D eigenvalue weighted by Gasteiger charge is -2.43. The second-order valence-electron chi connectivity index (χ2n) is 4.89. The van der Waals surface area contributed by atoms with E-state index in [1.54, 1.807) is 31.2 Å². The molecular formula is C14H16ClNO2. The van der Waals surface area contributed by atoms with E-state index >= 15 is 0 Å². The third kappa shape index (κ3) is 2.12. The molecule has 1 aromatic carbocycles. The first-order valence-electron chi connectivity index (χ1n) is 5.99. The summed E-state index contributed by atoms with van der Waals surface area (Å²) in [5, 5.41) is 20.9. The van der Waals surface area contributed by atoms with Gasteiger partial charge in [-0.05, 0) is 37.5 Å². The molecule has 0 bridgehead atoms. The SMILES string of the molecule is CC(O)(c1cccc(Cl)c1)C1(C#N)CCOCC1. The van der Waals surface area contributed by atoms with Crippen LogP contribution in [0.4, 0.5) is 0 Å². The number of hydrogen-bond donors (Lipinski definition) is 1. The molecule has 1 aliphatic rings. The quantitative estimate of drug-likeness (QED) is 0.895. The van der Waals surface area contributed by atoms with E-state index in [0.717, 1.165) is 0 Å². The zero-order chi connectivity index (χ0) is 13.2. The fraction of sp³-hybridized carbons (Fsp3) is 0.500. The van der Waals surface area contributed by atoms with Gasteiger partial charge in [-0.3, -0.25) is 0 Å². The molecule has 1 atom stereocenters. The van der Waals surface area contributed by atoms with Gasteiger partial charge in [0, 0.05) is 18.2 Å². The van der Waals surface area contributed by atoms with Gasteiger partial charge in [-0.1, -0.05) is 23.7 Å². The average molecular weight is 266 g/mol. The second kappa shape index (κ2) is 4.89. The van der Waals surface area contributed by atoms with Gasteiger partial charge in [0.2, 0.25) is 0 Å². The predicted molar refractivity (Wildman–Crippen MR) is 69.1 cm³/mol. The molecule has 1 aromatic rings. The van der Waals surface area contributed by atoms with Crippen molar-refractivity contribution in [3.8, 4) is 6.07 Å². The standard InChI is InChI=1S/C14H16ClNO2/c1-13(17,11-3-2-4-12(15)9-11)14(10-16)5-7-18-8-6-14/h2-4,9,17H,5-8H2,1H3. The molecule has 96 valence electrons.